The number of rotatable bonds is 4. The Kier molecular flexibility index (Phi) is 4.30. The maximum absolute atomic E-state index is 13.2. The number of carbonyl (C=O) groups excluding carboxylic acids is 1. The van der Waals surface area contributed by atoms with Gasteiger partial charge in [-0.05, 0) is 24.3 Å². The van der Waals surface area contributed by atoms with Gasteiger partial charge in [0, 0.05) is 18.2 Å². The number of nitro benzene ring substituents is 1. The number of esters is 1. The first-order chi connectivity index (χ1) is 11.5. The fourth-order valence-corrected chi connectivity index (χ4v) is 2.83. The first-order valence-corrected chi connectivity index (χ1v) is 7.54. The first-order valence-electron chi connectivity index (χ1n) is 6.72. The minimum Gasteiger partial charge on any atom is -0.416 e. The van der Waals surface area contributed by atoms with Crippen LogP contribution in [0.3, 0.4) is 0 Å². The van der Waals surface area contributed by atoms with Crippen LogP contribution >= 0.6 is 11.3 Å². The quantitative estimate of drug-likeness (QED) is 0.235. The van der Waals surface area contributed by atoms with Crippen LogP contribution in [-0.4, -0.2) is 15.9 Å². The Labute approximate surface area is 139 Å². The molecule has 1 heterocycles. The van der Waals surface area contributed by atoms with E-state index in [1.165, 1.54) is 17.4 Å². The largest absolute Gasteiger partial charge is 0.416 e. The van der Waals surface area contributed by atoms with Gasteiger partial charge in [-0.25, -0.2) is 14.2 Å². The van der Waals surface area contributed by atoms with Crippen LogP contribution in [0.15, 0.2) is 48.5 Å². The molecular weight excluding hydrogens is 335 g/mol. The third-order valence-corrected chi connectivity index (χ3v) is 4.00. The van der Waals surface area contributed by atoms with Crippen LogP contribution in [0.1, 0.15) is 5.01 Å². The van der Waals surface area contributed by atoms with Crippen molar-refractivity contribution in [1.29, 1.82) is 0 Å². The minimum absolute atomic E-state index is 0.445. The van der Waals surface area contributed by atoms with Gasteiger partial charge < -0.3 is 4.74 Å². The van der Waals surface area contributed by atoms with Crippen molar-refractivity contribution in [3.8, 4) is 5.75 Å². The van der Waals surface area contributed by atoms with Crippen molar-refractivity contribution >= 4 is 39.3 Å². The molecule has 3 aromatic rings. The number of halogens is 1. The molecule has 120 valence electrons. The molecule has 24 heavy (non-hydrogen) atoms. The van der Waals surface area contributed by atoms with Crippen molar-refractivity contribution in [1.82, 2.24) is 4.98 Å². The van der Waals surface area contributed by atoms with Gasteiger partial charge >= 0.3 is 11.7 Å². The number of para-hydroxylation sites is 1. The van der Waals surface area contributed by atoms with Crippen molar-refractivity contribution < 1.29 is 18.8 Å². The molecule has 0 amide bonds. The summed E-state index contributed by atoms with van der Waals surface area (Å²) in [5, 5.41) is 11.4. The number of hydrogen-bond acceptors (Lipinski definition) is 6. The normalized spacial score (nSPS) is 11.0. The highest BCUT2D eigenvalue weighted by atomic mass is 32.1. The summed E-state index contributed by atoms with van der Waals surface area (Å²) in [6.45, 7) is 0. The monoisotopic (exact) mass is 344 g/mol. The lowest BCUT2D eigenvalue weighted by Crippen LogP contribution is -2.06. The molecule has 0 aliphatic heterocycles. The lowest BCUT2D eigenvalue weighted by atomic mass is 10.3. The van der Waals surface area contributed by atoms with Crippen LogP contribution in [0, 0.1) is 15.9 Å². The van der Waals surface area contributed by atoms with Crippen LogP contribution in [0.4, 0.5) is 10.1 Å². The highest BCUT2D eigenvalue weighted by molar-refractivity contribution is 7.19. The van der Waals surface area contributed by atoms with Gasteiger partial charge in [0.15, 0.2) is 0 Å². The second-order valence-corrected chi connectivity index (χ2v) is 5.71. The van der Waals surface area contributed by atoms with E-state index in [-0.39, 0.29) is 0 Å². The topological polar surface area (TPSA) is 82.3 Å². The summed E-state index contributed by atoms with van der Waals surface area (Å²) in [5.74, 6) is -2.04. The van der Waals surface area contributed by atoms with Gasteiger partial charge in [-0.15, -0.1) is 11.3 Å². The summed E-state index contributed by atoms with van der Waals surface area (Å²) in [6, 6.07) is 10.1. The van der Waals surface area contributed by atoms with E-state index < -0.39 is 28.1 Å². The number of nitrogens with zero attached hydrogens (tertiary/aromatic N) is 2. The van der Waals surface area contributed by atoms with Crippen molar-refractivity contribution in [2.45, 2.75) is 0 Å². The fourth-order valence-electron chi connectivity index (χ4n) is 1.96. The highest BCUT2D eigenvalue weighted by Gasteiger charge is 2.18. The van der Waals surface area contributed by atoms with E-state index in [0.717, 1.165) is 34.5 Å². The third kappa shape index (κ3) is 3.44. The number of ether oxygens (including phenoxy) is 1. The molecule has 0 radical (unpaired) electrons. The zero-order chi connectivity index (χ0) is 17.1. The molecule has 0 bridgehead atoms. The zero-order valence-electron chi connectivity index (χ0n) is 12.0. The molecule has 0 aliphatic carbocycles. The fraction of sp³-hybridized carbons (Fsp3) is 0. The molecule has 0 saturated carbocycles. The van der Waals surface area contributed by atoms with Gasteiger partial charge in [0.1, 0.15) is 10.8 Å². The van der Waals surface area contributed by atoms with Gasteiger partial charge in [0.05, 0.1) is 15.1 Å². The summed E-state index contributed by atoms with van der Waals surface area (Å²) in [7, 11) is 0. The van der Waals surface area contributed by atoms with E-state index in [4.69, 9.17) is 4.74 Å². The van der Waals surface area contributed by atoms with Gasteiger partial charge in [-0.1, -0.05) is 12.1 Å². The van der Waals surface area contributed by atoms with E-state index in [1.54, 1.807) is 0 Å². The number of fused-ring (bicyclic) bond motifs is 1. The zero-order valence-corrected chi connectivity index (χ0v) is 12.8. The number of carbonyl (C=O) groups is 1. The molecule has 2 aromatic carbocycles. The molecule has 6 nitrogen and oxygen atoms in total. The average molecular weight is 344 g/mol. The summed E-state index contributed by atoms with van der Waals surface area (Å²) in [6.07, 6.45) is 2.53. The van der Waals surface area contributed by atoms with Crippen LogP contribution in [0.2, 0.25) is 0 Å². The standard InChI is InChI=1S/C16H9FN2O4S/c17-10-5-6-12(19(21)22)13(9-10)23-16(20)8-7-15-18-11-3-1-2-4-14(11)24-15/h1-9H. The maximum atomic E-state index is 13.2. The summed E-state index contributed by atoms with van der Waals surface area (Å²) in [5.41, 5.74) is 0.314. The number of aromatic nitrogens is 1. The van der Waals surface area contributed by atoms with Crippen LogP contribution in [-0.2, 0) is 4.79 Å². The summed E-state index contributed by atoms with van der Waals surface area (Å²) in [4.78, 5) is 26.2. The van der Waals surface area contributed by atoms with E-state index in [9.17, 15) is 19.3 Å². The maximum Gasteiger partial charge on any atom is 0.336 e. The molecule has 1 aromatic heterocycles. The average Bonchev–Trinajstić information content (AvgIpc) is 2.95. The summed E-state index contributed by atoms with van der Waals surface area (Å²) < 4.78 is 19.0. The first kappa shape index (κ1) is 15.8. The Balaban J connectivity index is 1.78. The molecule has 0 atom stereocenters. The second kappa shape index (κ2) is 6.55. The number of nitro groups is 1. The number of benzene rings is 2. The minimum atomic E-state index is -0.858. The van der Waals surface area contributed by atoms with Crippen molar-refractivity contribution in [2.75, 3.05) is 0 Å². The molecule has 0 saturated heterocycles. The van der Waals surface area contributed by atoms with E-state index in [2.05, 4.69) is 4.98 Å². The molecule has 8 heteroatoms. The Morgan fingerprint density at radius 1 is 1.29 bits per heavy atom. The molecule has 0 unspecified atom stereocenters. The second-order valence-electron chi connectivity index (χ2n) is 4.64. The predicted molar refractivity (Wildman–Crippen MR) is 87.3 cm³/mol. The molecule has 0 N–H and O–H groups in total. The lowest BCUT2D eigenvalue weighted by Gasteiger charge is -2.02. The Morgan fingerprint density at radius 3 is 2.83 bits per heavy atom. The van der Waals surface area contributed by atoms with Crippen LogP contribution in [0.25, 0.3) is 16.3 Å². The molecule has 0 fully saturated rings. The molecule has 3 rings (SSSR count). The van der Waals surface area contributed by atoms with Gasteiger partial charge in [-0.3, -0.25) is 10.1 Å². The van der Waals surface area contributed by atoms with Crippen molar-refractivity contribution in [3.63, 3.8) is 0 Å². The highest BCUT2D eigenvalue weighted by Crippen LogP contribution is 2.28. The Hall–Kier alpha value is -3.13. The SMILES string of the molecule is O=C(C=Cc1nc2ccccc2s1)Oc1cc(F)ccc1[N+](=O)[O-]. The van der Waals surface area contributed by atoms with E-state index in [0.29, 0.717) is 5.01 Å². The number of thiazole rings is 1. The molecule has 0 spiro atoms. The predicted octanol–water partition coefficient (Wildman–Crippen LogP) is 3.96. The van der Waals surface area contributed by atoms with E-state index >= 15 is 0 Å². The van der Waals surface area contributed by atoms with Gasteiger partial charge in [0.25, 0.3) is 0 Å². The van der Waals surface area contributed by atoms with Gasteiger partial charge in [0.2, 0.25) is 5.75 Å². The van der Waals surface area contributed by atoms with Crippen LogP contribution in [0.5, 0.6) is 5.75 Å². The lowest BCUT2D eigenvalue weighted by molar-refractivity contribution is -0.385. The Morgan fingerprint density at radius 2 is 2.08 bits per heavy atom. The Bertz CT molecular complexity index is 935. The third-order valence-electron chi connectivity index (χ3n) is 3.00. The van der Waals surface area contributed by atoms with Crippen LogP contribution < -0.4 is 4.74 Å². The molecular formula is C16H9FN2O4S. The van der Waals surface area contributed by atoms with E-state index in [1.807, 2.05) is 24.3 Å². The molecule has 0 aliphatic rings. The van der Waals surface area contributed by atoms with Gasteiger partial charge in [-0.2, -0.15) is 0 Å². The summed E-state index contributed by atoms with van der Waals surface area (Å²) >= 11 is 1.38. The van der Waals surface area contributed by atoms with Crippen molar-refractivity contribution in [3.05, 3.63) is 69.5 Å². The smallest absolute Gasteiger partial charge is 0.336 e. The number of hydrogen-bond donors (Lipinski definition) is 0. The van der Waals surface area contributed by atoms with Crippen molar-refractivity contribution in [2.24, 2.45) is 0 Å².